The smallest absolute Gasteiger partial charge is 0.165 e. The van der Waals surface area contributed by atoms with Crippen LogP contribution in [0.5, 0.6) is 11.5 Å². The third-order valence-electron chi connectivity index (χ3n) is 2.92. The third kappa shape index (κ3) is 3.41. The van der Waals surface area contributed by atoms with Crippen LogP contribution in [0.25, 0.3) is 0 Å². The van der Waals surface area contributed by atoms with Gasteiger partial charge < -0.3 is 20.5 Å². The third-order valence-corrected chi connectivity index (χ3v) is 3.14. The number of nitrogens with two attached hydrogens (primary N) is 1. The van der Waals surface area contributed by atoms with Gasteiger partial charge >= 0.3 is 0 Å². The molecule has 0 heterocycles. The molecule has 0 saturated carbocycles. The summed E-state index contributed by atoms with van der Waals surface area (Å²) in [5.41, 5.74) is 7.71. The predicted molar refractivity (Wildman–Crippen MR) is 85.1 cm³/mol. The topological polar surface area (TPSA) is 56.5 Å². The summed E-state index contributed by atoms with van der Waals surface area (Å²) in [4.78, 5) is 0.259. The molecule has 2 rings (SSSR count). The van der Waals surface area contributed by atoms with Gasteiger partial charge in [-0.3, -0.25) is 0 Å². The first-order valence-corrected chi connectivity index (χ1v) is 6.54. The minimum Gasteiger partial charge on any atom is -0.497 e. The Morgan fingerprint density at radius 2 is 1.90 bits per heavy atom. The highest BCUT2D eigenvalue weighted by molar-refractivity contribution is 7.80. The number of methoxy groups -OCH3 is 2. The zero-order valence-corrected chi connectivity index (χ0v) is 12.5. The molecule has 0 saturated heterocycles. The van der Waals surface area contributed by atoms with Gasteiger partial charge in [0.05, 0.1) is 19.9 Å². The van der Waals surface area contributed by atoms with E-state index in [-0.39, 0.29) is 10.7 Å². The van der Waals surface area contributed by atoms with E-state index in [4.69, 9.17) is 27.4 Å². The van der Waals surface area contributed by atoms with Crippen molar-refractivity contribution in [3.05, 3.63) is 47.8 Å². The fraction of sp³-hybridized carbons (Fsp3) is 0.133. The lowest BCUT2D eigenvalue weighted by Gasteiger charge is -2.13. The van der Waals surface area contributed by atoms with E-state index in [1.54, 1.807) is 37.4 Å². The zero-order chi connectivity index (χ0) is 15.4. The molecule has 0 bridgehead atoms. The molecule has 2 aromatic rings. The van der Waals surface area contributed by atoms with E-state index >= 15 is 0 Å². The number of anilines is 2. The Labute approximate surface area is 127 Å². The van der Waals surface area contributed by atoms with Crippen molar-refractivity contribution in [2.75, 3.05) is 19.5 Å². The molecule has 6 heteroatoms. The summed E-state index contributed by atoms with van der Waals surface area (Å²) in [5, 5.41) is 3.14. The lowest BCUT2D eigenvalue weighted by Crippen LogP contribution is -2.12. The van der Waals surface area contributed by atoms with Gasteiger partial charge in [0.2, 0.25) is 0 Å². The van der Waals surface area contributed by atoms with Crippen molar-refractivity contribution in [3.63, 3.8) is 0 Å². The molecule has 4 nitrogen and oxygen atoms in total. The number of hydrogen-bond donors (Lipinski definition) is 2. The zero-order valence-electron chi connectivity index (χ0n) is 11.6. The van der Waals surface area contributed by atoms with Gasteiger partial charge in [0.25, 0.3) is 0 Å². The highest BCUT2D eigenvalue weighted by Gasteiger charge is 2.09. The molecule has 110 valence electrons. The Balaban J connectivity index is 2.40. The molecule has 0 aromatic heterocycles. The van der Waals surface area contributed by atoms with Crippen LogP contribution >= 0.6 is 12.2 Å². The molecule has 0 atom stereocenters. The summed E-state index contributed by atoms with van der Waals surface area (Å²) in [5.74, 6) is 0.384. The molecule has 0 aliphatic rings. The van der Waals surface area contributed by atoms with Crippen molar-refractivity contribution in [2.24, 2.45) is 5.73 Å². The maximum absolute atomic E-state index is 13.4. The number of rotatable bonds is 5. The van der Waals surface area contributed by atoms with Crippen LogP contribution in [0, 0.1) is 5.82 Å². The molecule has 0 radical (unpaired) electrons. The number of benzene rings is 2. The normalized spacial score (nSPS) is 10.0. The first kappa shape index (κ1) is 15.1. The first-order chi connectivity index (χ1) is 10.0. The molecule has 3 N–H and O–H groups in total. The van der Waals surface area contributed by atoms with E-state index in [1.165, 1.54) is 13.2 Å². The second kappa shape index (κ2) is 6.41. The van der Waals surface area contributed by atoms with Gasteiger partial charge in [0.15, 0.2) is 11.6 Å². The predicted octanol–water partition coefficient (Wildman–Crippen LogP) is 3.22. The van der Waals surface area contributed by atoms with Crippen LogP contribution in [0.1, 0.15) is 5.56 Å². The quantitative estimate of drug-likeness (QED) is 0.831. The van der Waals surface area contributed by atoms with E-state index < -0.39 is 5.82 Å². The monoisotopic (exact) mass is 306 g/mol. The van der Waals surface area contributed by atoms with Crippen LogP contribution in [0.15, 0.2) is 36.4 Å². The number of ether oxygens (including phenoxy) is 2. The number of thiocarbonyl (C=S) groups is 1. The molecular weight excluding hydrogens is 291 g/mol. The van der Waals surface area contributed by atoms with Crippen molar-refractivity contribution < 1.29 is 13.9 Å². The molecule has 0 unspecified atom stereocenters. The summed E-state index contributed by atoms with van der Waals surface area (Å²) >= 11 is 5.03. The van der Waals surface area contributed by atoms with E-state index in [0.29, 0.717) is 22.7 Å². The van der Waals surface area contributed by atoms with E-state index in [0.717, 1.165) is 0 Å². The average molecular weight is 306 g/mol. The number of halogens is 1. The second-order valence-electron chi connectivity index (χ2n) is 4.25. The van der Waals surface area contributed by atoms with Crippen LogP contribution in [0.4, 0.5) is 15.8 Å². The molecule has 0 spiro atoms. The Morgan fingerprint density at radius 1 is 1.14 bits per heavy atom. The Kier molecular flexibility index (Phi) is 4.59. The lowest BCUT2D eigenvalue weighted by molar-refractivity contribution is 0.387. The van der Waals surface area contributed by atoms with Gasteiger partial charge in [-0.25, -0.2) is 4.39 Å². The Hall–Kier alpha value is -2.34. The van der Waals surface area contributed by atoms with Gasteiger partial charge in [0, 0.05) is 23.4 Å². The van der Waals surface area contributed by atoms with Gasteiger partial charge in [-0.15, -0.1) is 0 Å². The summed E-state index contributed by atoms with van der Waals surface area (Å²) in [7, 11) is 2.98. The molecule has 0 aliphatic heterocycles. The van der Waals surface area contributed by atoms with E-state index in [1.807, 2.05) is 0 Å². The van der Waals surface area contributed by atoms with Crippen molar-refractivity contribution in [1.29, 1.82) is 0 Å². The highest BCUT2D eigenvalue weighted by atomic mass is 32.1. The maximum Gasteiger partial charge on any atom is 0.165 e. The standard InChI is InChI=1S/C15H15FN2O2S/c1-19-10-4-5-11(15(17)21)13(8-10)18-9-3-6-12(16)14(7-9)20-2/h3-8,18H,1-2H3,(H2,17,21). The summed E-state index contributed by atoms with van der Waals surface area (Å²) in [6, 6.07) is 9.78. The summed E-state index contributed by atoms with van der Waals surface area (Å²) in [6.45, 7) is 0. The summed E-state index contributed by atoms with van der Waals surface area (Å²) in [6.07, 6.45) is 0. The largest absolute Gasteiger partial charge is 0.497 e. The first-order valence-electron chi connectivity index (χ1n) is 6.13. The number of hydrogen-bond acceptors (Lipinski definition) is 4. The van der Waals surface area contributed by atoms with Crippen LogP contribution in [-0.2, 0) is 0 Å². The van der Waals surface area contributed by atoms with E-state index in [2.05, 4.69) is 5.32 Å². The fourth-order valence-corrected chi connectivity index (χ4v) is 2.04. The van der Waals surface area contributed by atoms with Gasteiger partial charge in [-0.05, 0) is 24.3 Å². The molecule has 2 aromatic carbocycles. The summed E-state index contributed by atoms with van der Waals surface area (Å²) < 4.78 is 23.6. The van der Waals surface area contributed by atoms with Crippen molar-refractivity contribution in [2.45, 2.75) is 0 Å². The van der Waals surface area contributed by atoms with Gasteiger partial charge in [-0.2, -0.15) is 0 Å². The minimum atomic E-state index is -0.428. The van der Waals surface area contributed by atoms with Crippen molar-refractivity contribution in [3.8, 4) is 11.5 Å². The van der Waals surface area contributed by atoms with Crippen LogP contribution in [0.3, 0.4) is 0 Å². The van der Waals surface area contributed by atoms with Crippen molar-refractivity contribution in [1.82, 2.24) is 0 Å². The highest BCUT2D eigenvalue weighted by Crippen LogP contribution is 2.28. The van der Waals surface area contributed by atoms with Gasteiger partial charge in [-0.1, -0.05) is 12.2 Å². The average Bonchev–Trinajstić information content (AvgIpc) is 2.48. The Bertz CT molecular complexity index is 677. The molecular formula is C15H15FN2O2S. The fourth-order valence-electron chi connectivity index (χ4n) is 1.86. The van der Waals surface area contributed by atoms with Crippen LogP contribution in [-0.4, -0.2) is 19.2 Å². The van der Waals surface area contributed by atoms with Gasteiger partial charge in [0.1, 0.15) is 10.7 Å². The molecule has 21 heavy (non-hydrogen) atoms. The molecule has 0 fully saturated rings. The lowest BCUT2D eigenvalue weighted by atomic mass is 10.1. The maximum atomic E-state index is 13.4. The van der Waals surface area contributed by atoms with Crippen molar-refractivity contribution >= 4 is 28.6 Å². The number of nitrogens with one attached hydrogen (secondary N) is 1. The minimum absolute atomic E-state index is 0.153. The second-order valence-corrected chi connectivity index (χ2v) is 4.69. The van der Waals surface area contributed by atoms with E-state index in [9.17, 15) is 4.39 Å². The molecule has 0 amide bonds. The van der Waals surface area contributed by atoms with Crippen LogP contribution < -0.4 is 20.5 Å². The molecule has 0 aliphatic carbocycles. The Morgan fingerprint density at radius 3 is 2.52 bits per heavy atom. The van der Waals surface area contributed by atoms with Crippen LogP contribution in [0.2, 0.25) is 0 Å². The SMILES string of the molecule is COc1ccc(C(N)=S)c(Nc2ccc(F)c(OC)c2)c1.